The second kappa shape index (κ2) is 6.36. The molecule has 0 fully saturated rings. The van der Waals surface area contributed by atoms with Crippen LogP contribution in [0.25, 0.3) is 0 Å². The third kappa shape index (κ3) is 3.56. The van der Waals surface area contributed by atoms with Gasteiger partial charge in [0.15, 0.2) is 0 Å². The first-order chi connectivity index (χ1) is 9.22. The van der Waals surface area contributed by atoms with Gasteiger partial charge < -0.3 is 15.4 Å². The summed E-state index contributed by atoms with van der Waals surface area (Å²) in [5, 5.41) is 7.77. The van der Waals surface area contributed by atoms with Crippen molar-refractivity contribution in [3.63, 3.8) is 0 Å². The fourth-order valence-electron chi connectivity index (χ4n) is 1.70. The SMILES string of the molecule is CNCc1cccc(NC(=O)c2cc(OC)cs2)c1. The predicted octanol–water partition coefficient (Wildman–Crippen LogP) is 2.73. The number of nitrogens with one attached hydrogen (secondary N) is 2. The molecule has 2 N–H and O–H groups in total. The van der Waals surface area contributed by atoms with Crippen molar-refractivity contribution >= 4 is 22.9 Å². The molecule has 0 radical (unpaired) electrons. The van der Waals surface area contributed by atoms with Gasteiger partial charge in [0.1, 0.15) is 5.75 Å². The standard InChI is InChI=1S/C14H16N2O2S/c1-15-8-10-4-3-5-11(6-10)16-14(17)13-7-12(18-2)9-19-13/h3-7,9,15H,8H2,1-2H3,(H,16,17). The minimum absolute atomic E-state index is 0.116. The molecule has 0 aliphatic heterocycles. The molecule has 0 atom stereocenters. The van der Waals surface area contributed by atoms with E-state index in [9.17, 15) is 4.79 Å². The smallest absolute Gasteiger partial charge is 0.265 e. The summed E-state index contributed by atoms with van der Waals surface area (Å²) >= 11 is 1.37. The van der Waals surface area contributed by atoms with Crippen LogP contribution in [0.1, 0.15) is 15.2 Å². The van der Waals surface area contributed by atoms with Gasteiger partial charge in [0.05, 0.1) is 12.0 Å². The maximum atomic E-state index is 12.0. The lowest BCUT2D eigenvalue weighted by molar-refractivity contribution is 0.103. The summed E-state index contributed by atoms with van der Waals surface area (Å²) in [5.41, 5.74) is 1.93. The van der Waals surface area contributed by atoms with Crippen molar-refractivity contribution in [2.45, 2.75) is 6.54 Å². The fraction of sp³-hybridized carbons (Fsp3) is 0.214. The topological polar surface area (TPSA) is 50.4 Å². The monoisotopic (exact) mass is 276 g/mol. The number of hydrogen-bond acceptors (Lipinski definition) is 4. The predicted molar refractivity (Wildman–Crippen MR) is 78.0 cm³/mol. The molecular weight excluding hydrogens is 260 g/mol. The highest BCUT2D eigenvalue weighted by Crippen LogP contribution is 2.22. The number of ether oxygens (including phenoxy) is 1. The zero-order chi connectivity index (χ0) is 13.7. The minimum atomic E-state index is -0.116. The normalized spacial score (nSPS) is 10.2. The summed E-state index contributed by atoms with van der Waals surface area (Å²) < 4.78 is 5.07. The Balaban J connectivity index is 2.07. The zero-order valence-electron chi connectivity index (χ0n) is 10.9. The Morgan fingerprint density at radius 3 is 2.89 bits per heavy atom. The summed E-state index contributed by atoms with van der Waals surface area (Å²) in [7, 11) is 3.48. The average Bonchev–Trinajstić information content (AvgIpc) is 2.88. The Hall–Kier alpha value is -1.85. The van der Waals surface area contributed by atoms with Crippen LogP contribution in [-0.4, -0.2) is 20.1 Å². The van der Waals surface area contributed by atoms with Crippen LogP contribution in [0.4, 0.5) is 5.69 Å². The van der Waals surface area contributed by atoms with Crippen LogP contribution in [0.5, 0.6) is 5.75 Å². The number of thiophene rings is 1. The van der Waals surface area contributed by atoms with E-state index in [1.807, 2.05) is 36.7 Å². The first-order valence-corrected chi connectivity index (χ1v) is 6.78. The Kier molecular flexibility index (Phi) is 4.54. The lowest BCUT2D eigenvalue weighted by atomic mass is 10.2. The summed E-state index contributed by atoms with van der Waals surface area (Å²) in [4.78, 5) is 12.7. The Morgan fingerprint density at radius 2 is 2.21 bits per heavy atom. The molecule has 0 saturated carbocycles. The van der Waals surface area contributed by atoms with Crippen LogP contribution in [-0.2, 0) is 6.54 Å². The van der Waals surface area contributed by atoms with E-state index in [2.05, 4.69) is 10.6 Å². The maximum Gasteiger partial charge on any atom is 0.265 e. The van der Waals surface area contributed by atoms with Crippen molar-refractivity contribution in [2.24, 2.45) is 0 Å². The lowest BCUT2D eigenvalue weighted by Crippen LogP contribution is -2.11. The molecule has 100 valence electrons. The largest absolute Gasteiger partial charge is 0.496 e. The summed E-state index contributed by atoms with van der Waals surface area (Å²) in [5.74, 6) is 0.592. The number of carbonyl (C=O) groups excluding carboxylic acids is 1. The number of benzene rings is 1. The van der Waals surface area contributed by atoms with Gasteiger partial charge in [-0.3, -0.25) is 4.79 Å². The van der Waals surface area contributed by atoms with E-state index < -0.39 is 0 Å². The molecular formula is C14H16N2O2S. The van der Waals surface area contributed by atoms with Crippen molar-refractivity contribution in [3.8, 4) is 5.75 Å². The number of anilines is 1. The van der Waals surface area contributed by atoms with E-state index in [0.29, 0.717) is 10.6 Å². The minimum Gasteiger partial charge on any atom is -0.496 e. The third-order valence-electron chi connectivity index (χ3n) is 2.60. The number of carbonyl (C=O) groups is 1. The van der Waals surface area contributed by atoms with Gasteiger partial charge in [0.2, 0.25) is 0 Å². The lowest BCUT2D eigenvalue weighted by Gasteiger charge is -2.06. The molecule has 0 aliphatic carbocycles. The van der Waals surface area contributed by atoms with E-state index in [1.54, 1.807) is 13.2 Å². The second-order valence-electron chi connectivity index (χ2n) is 4.04. The van der Waals surface area contributed by atoms with Crippen molar-refractivity contribution in [3.05, 3.63) is 46.2 Å². The van der Waals surface area contributed by atoms with Crippen molar-refractivity contribution in [2.75, 3.05) is 19.5 Å². The van der Waals surface area contributed by atoms with Crippen LogP contribution in [0, 0.1) is 0 Å². The number of amides is 1. The molecule has 1 heterocycles. The molecule has 0 aliphatic rings. The number of rotatable bonds is 5. The Bertz CT molecular complexity index is 566. The Morgan fingerprint density at radius 1 is 1.37 bits per heavy atom. The molecule has 1 aromatic carbocycles. The highest BCUT2D eigenvalue weighted by Gasteiger charge is 2.09. The third-order valence-corrected chi connectivity index (χ3v) is 3.51. The maximum absolute atomic E-state index is 12.0. The summed E-state index contributed by atoms with van der Waals surface area (Å²) in [6, 6.07) is 9.51. The molecule has 0 bridgehead atoms. The van der Waals surface area contributed by atoms with E-state index in [0.717, 1.165) is 17.8 Å². The van der Waals surface area contributed by atoms with E-state index in [-0.39, 0.29) is 5.91 Å². The molecule has 1 amide bonds. The van der Waals surface area contributed by atoms with E-state index in [4.69, 9.17) is 4.74 Å². The van der Waals surface area contributed by atoms with Crippen molar-refractivity contribution in [1.82, 2.24) is 5.32 Å². The Labute approximate surface area is 116 Å². The molecule has 19 heavy (non-hydrogen) atoms. The van der Waals surface area contributed by atoms with Gasteiger partial charge in [-0.15, -0.1) is 11.3 Å². The van der Waals surface area contributed by atoms with E-state index in [1.165, 1.54) is 11.3 Å². The van der Waals surface area contributed by atoms with E-state index >= 15 is 0 Å². The molecule has 2 aromatic rings. The van der Waals surface area contributed by atoms with Crippen LogP contribution < -0.4 is 15.4 Å². The highest BCUT2D eigenvalue weighted by molar-refractivity contribution is 7.12. The summed E-state index contributed by atoms with van der Waals surface area (Å²) in [6.45, 7) is 0.774. The van der Waals surface area contributed by atoms with Crippen molar-refractivity contribution in [1.29, 1.82) is 0 Å². The van der Waals surface area contributed by atoms with Gasteiger partial charge >= 0.3 is 0 Å². The fourth-order valence-corrected chi connectivity index (χ4v) is 2.45. The van der Waals surface area contributed by atoms with Gasteiger partial charge in [-0.05, 0) is 24.7 Å². The molecule has 5 heteroatoms. The second-order valence-corrected chi connectivity index (χ2v) is 4.95. The van der Waals surface area contributed by atoms with Gasteiger partial charge in [0, 0.05) is 23.7 Å². The van der Waals surface area contributed by atoms with Gasteiger partial charge in [-0.1, -0.05) is 12.1 Å². The van der Waals surface area contributed by atoms with Crippen LogP contribution >= 0.6 is 11.3 Å². The van der Waals surface area contributed by atoms with Gasteiger partial charge in [-0.2, -0.15) is 0 Å². The van der Waals surface area contributed by atoms with Gasteiger partial charge in [-0.25, -0.2) is 0 Å². The van der Waals surface area contributed by atoms with Gasteiger partial charge in [0.25, 0.3) is 5.91 Å². The zero-order valence-corrected chi connectivity index (χ0v) is 11.7. The molecule has 4 nitrogen and oxygen atoms in total. The quantitative estimate of drug-likeness (QED) is 0.883. The van der Waals surface area contributed by atoms with Crippen molar-refractivity contribution < 1.29 is 9.53 Å². The van der Waals surface area contributed by atoms with Crippen LogP contribution in [0.3, 0.4) is 0 Å². The average molecular weight is 276 g/mol. The van der Waals surface area contributed by atoms with Crippen LogP contribution in [0.15, 0.2) is 35.7 Å². The van der Waals surface area contributed by atoms with Crippen LogP contribution in [0.2, 0.25) is 0 Å². The molecule has 1 aromatic heterocycles. The molecule has 0 spiro atoms. The number of hydrogen-bond donors (Lipinski definition) is 2. The highest BCUT2D eigenvalue weighted by atomic mass is 32.1. The number of methoxy groups -OCH3 is 1. The molecule has 0 saturated heterocycles. The molecule has 0 unspecified atom stereocenters. The molecule has 2 rings (SSSR count). The first-order valence-electron chi connectivity index (χ1n) is 5.90. The summed E-state index contributed by atoms with van der Waals surface area (Å²) in [6.07, 6.45) is 0. The first kappa shape index (κ1) is 13.6.